The smallest absolute Gasteiger partial charge is 0.256 e. The van der Waals surface area contributed by atoms with Crippen LogP contribution in [0.5, 0.6) is 0 Å². The fraction of sp³-hybridized carbons (Fsp3) is 0.241. The summed E-state index contributed by atoms with van der Waals surface area (Å²) >= 11 is 0. The van der Waals surface area contributed by atoms with Crippen LogP contribution in [0.2, 0.25) is 0 Å². The van der Waals surface area contributed by atoms with Crippen LogP contribution in [0.3, 0.4) is 0 Å². The van der Waals surface area contributed by atoms with Gasteiger partial charge in [-0.25, -0.2) is 0 Å². The second kappa shape index (κ2) is 6.91. The summed E-state index contributed by atoms with van der Waals surface area (Å²) < 4.78 is 5.83. The summed E-state index contributed by atoms with van der Waals surface area (Å²) in [6.45, 7) is 0.613. The van der Waals surface area contributed by atoms with E-state index in [0.717, 1.165) is 54.2 Å². The first-order valence-corrected chi connectivity index (χ1v) is 12.3. The van der Waals surface area contributed by atoms with Gasteiger partial charge in [-0.1, -0.05) is 36.4 Å². The van der Waals surface area contributed by atoms with E-state index in [4.69, 9.17) is 4.74 Å². The Labute approximate surface area is 205 Å². The molecule has 1 saturated heterocycles. The van der Waals surface area contributed by atoms with Crippen molar-refractivity contribution in [1.82, 2.24) is 10.2 Å². The minimum atomic E-state index is -0.801. The summed E-state index contributed by atoms with van der Waals surface area (Å²) in [4.78, 5) is 28.0. The highest BCUT2D eigenvalue weighted by Gasteiger charge is 2.41. The molecule has 36 heavy (non-hydrogen) atoms. The van der Waals surface area contributed by atoms with Crippen molar-refractivity contribution in [3.05, 3.63) is 70.8 Å². The molecular formula is C29H22N2O5. The molecule has 0 aromatic heterocycles. The second-order valence-corrected chi connectivity index (χ2v) is 10.1. The molecule has 0 spiro atoms. The molecule has 3 N–H and O–H groups in total. The van der Waals surface area contributed by atoms with Crippen LogP contribution >= 0.6 is 0 Å². The van der Waals surface area contributed by atoms with Crippen molar-refractivity contribution >= 4 is 54.9 Å². The Morgan fingerprint density at radius 3 is 2.11 bits per heavy atom. The van der Waals surface area contributed by atoms with Crippen molar-refractivity contribution in [2.24, 2.45) is 0 Å². The zero-order valence-electron chi connectivity index (χ0n) is 19.2. The minimum absolute atomic E-state index is 0.0457. The molecule has 8 rings (SSSR count). The Hall–Kier alpha value is -3.78. The maximum atomic E-state index is 13.7. The van der Waals surface area contributed by atoms with Gasteiger partial charge in [0.1, 0.15) is 12.3 Å². The third-order valence-electron chi connectivity index (χ3n) is 8.32. The quantitative estimate of drug-likeness (QED) is 0.267. The highest BCUT2D eigenvalue weighted by molar-refractivity contribution is 6.36. The third kappa shape index (κ3) is 2.42. The average Bonchev–Trinajstić information content (AvgIpc) is 3.28. The van der Waals surface area contributed by atoms with Crippen molar-refractivity contribution in [3.8, 4) is 0 Å². The first-order valence-electron chi connectivity index (χ1n) is 12.3. The van der Waals surface area contributed by atoms with Gasteiger partial charge in [-0.15, -0.1) is 0 Å². The number of benzene rings is 5. The van der Waals surface area contributed by atoms with Gasteiger partial charge in [0.05, 0.1) is 12.7 Å². The van der Waals surface area contributed by atoms with E-state index in [-0.39, 0.29) is 24.8 Å². The number of nitrogens with zero attached hydrogens (tertiary/aromatic N) is 1. The van der Waals surface area contributed by atoms with Gasteiger partial charge < -0.3 is 25.2 Å². The van der Waals surface area contributed by atoms with Gasteiger partial charge in [-0.05, 0) is 55.6 Å². The van der Waals surface area contributed by atoms with Crippen LogP contribution in [0.1, 0.15) is 38.3 Å². The van der Waals surface area contributed by atoms with E-state index in [9.17, 15) is 19.8 Å². The molecule has 7 heteroatoms. The van der Waals surface area contributed by atoms with Crippen LogP contribution in [-0.2, 0) is 17.8 Å². The Bertz CT molecular complexity index is 1770. The molecule has 3 aliphatic heterocycles. The number of hydrogen-bond acceptors (Lipinski definition) is 5. The Balaban J connectivity index is 1.39. The number of nitrogens with one attached hydrogen (secondary N) is 1. The van der Waals surface area contributed by atoms with Crippen LogP contribution in [0.4, 0.5) is 0 Å². The molecule has 3 heterocycles. The number of fused-ring (bicyclic) bond motifs is 2. The van der Waals surface area contributed by atoms with Crippen LogP contribution in [-0.4, -0.2) is 52.0 Å². The topological polar surface area (TPSA) is 99.1 Å². The first-order chi connectivity index (χ1) is 17.5. The summed E-state index contributed by atoms with van der Waals surface area (Å²) in [5.41, 5.74) is 3.47. The van der Waals surface area contributed by atoms with Gasteiger partial charge >= 0.3 is 0 Å². The van der Waals surface area contributed by atoms with E-state index in [0.29, 0.717) is 24.2 Å². The summed E-state index contributed by atoms with van der Waals surface area (Å²) in [5, 5.41) is 31.1. The van der Waals surface area contributed by atoms with Crippen LogP contribution in [0.15, 0.2) is 48.5 Å². The number of carbonyl (C=O) groups excluding carboxylic acids is 2. The predicted molar refractivity (Wildman–Crippen MR) is 135 cm³/mol. The molecular weight excluding hydrogens is 456 g/mol. The first kappa shape index (κ1) is 20.4. The van der Waals surface area contributed by atoms with Gasteiger partial charge in [0.2, 0.25) is 0 Å². The molecule has 1 fully saturated rings. The van der Waals surface area contributed by atoms with Gasteiger partial charge in [0.15, 0.2) is 0 Å². The van der Waals surface area contributed by atoms with Crippen LogP contribution < -0.4 is 5.32 Å². The fourth-order valence-corrected chi connectivity index (χ4v) is 6.66. The lowest BCUT2D eigenvalue weighted by Crippen LogP contribution is -2.42. The molecule has 0 aliphatic carbocycles. The number of aliphatic hydroxyl groups excluding tert-OH is 2. The average molecular weight is 479 g/mol. The molecule has 5 aromatic carbocycles. The number of rotatable bonds is 2. The lowest BCUT2D eigenvalue weighted by atomic mass is 9.82. The summed E-state index contributed by atoms with van der Waals surface area (Å²) in [6, 6.07) is 16.3. The normalized spacial score (nSPS) is 23.5. The number of ether oxygens (including phenoxy) is 1. The van der Waals surface area contributed by atoms with E-state index in [1.54, 1.807) is 4.90 Å². The van der Waals surface area contributed by atoms with Crippen molar-refractivity contribution in [2.45, 2.75) is 37.9 Å². The molecule has 0 unspecified atom stereocenters. The van der Waals surface area contributed by atoms with Crippen LogP contribution in [0, 0.1) is 0 Å². The second-order valence-electron chi connectivity index (χ2n) is 10.1. The number of aliphatic hydroxyl groups is 2. The molecule has 0 bridgehead atoms. The maximum Gasteiger partial charge on any atom is 0.256 e. The lowest BCUT2D eigenvalue weighted by molar-refractivity contribution is -0.0704. The lowest BCUT2D eigenvalue weighted by Gasteiger charge is -2.34. The zero-order valence-corrected chi connectivity index (χ0v) is 19.2. The molecule has 3 aliphatic rings. The Morgan fingerprint density at radius 2 is 1.44 bits per heavy atom. The van der Waals surface area contributed by atoms with Gasteiger partial charge in [0, 0.05) is 41.4 Å². The Morgan fingerprint density at radius 1 is 0.833 bits per heavy atom. The summed E-state index contributed by atoms with van der Waals surface area (Å²) in [5.74, 6) is -0.176. The Kier molecular flexibility index (Phi) is 3.92. The zero-order chi connectivity index (χ0) is 24.3. The molecule has 7 nitrogen and oxygen atoms in total. The van der Waals surface area contributed by atoms with Gasteiger partial charge in [-0.2, -0.15) is 0 Å². The number of carbonyl (C=O) groups is 2. The van der Waals surface area contributed by atoms with E-state index >= 15 is 0 Å². The minimum Gasteiger partial charge on any atom is -0.394 e. The fourth-order valence-electron chi connectivity index (χ4n) is 6.66. The van der Waals surface area contributed by atoms with Crippen LogP contribution in [0.25, 0.3) is 43.1 Å². The molecule has 3 atom stereocenters. The summed E-state index contributed by atoms with van der Waals surface area (Å²) in [6.07, 6.45) is -1.78. The highest BCUT2D eigenvalue weighted by Crippen LogP contribution is 2.46. The molecule has 2 amide bonds. The van der Waals surface area contributed by atoms with Crippen molar-refractivity contribution in [1.29, 1.82) is 0 Å². The number of hydrogen-bond donors (Lipinski definition) is 3. The standard InChI is InChI=1S/C29H22N2O5/c32-12-22-21(33)9-23(36-22)31-11-14-2-4-16-15-3-1-13-10-30-28(34)19-7-5-17(26(15)24(13)19)18-6-8-20(29(31)35)25(14)27(16)18/h1-8,21-23,32-33H,9-12H2,(H,30,34)/t21-,22-,23-/m1/s1. The number of amides is 2. The third-order valence-corrected chi connectivity index (χ3v) is 8.32. The van der Waals surface area contributed by atoms with Gasteiger partial charge in [0.25, 0.3) is 11.8 Å². The largest absolute Gasteiger partial charge is 0.394 e. The summed E-state index contributed by atoms with van der Waals surface area (Å²) in [7, 11) is 0. The van der Waals surface area contributed by atoms with E-state index in [2.05, 4.69) is 29.6 Å². The van der Waals surface area contributed by atoms with Crippen molar-refractivity contribution in [2.75, 3.05) is 6.61 Å². The van der Waals surface area contributed by atoms with E-state index in [1.165, 1.54) is 0 Å². The highest BCUT2D eigenvalue weighted by atomic mass is 16.5. The molecule has 5 aromatic rings. The molecule has 178 valence electrons. The van der Waals surface area contributed by atoms with Crippen molar-refractivity contribution in [3.63, 3.8) is 0 Å². The maximum absolute atomic E-state index is 13.7. The molecule has 0 radical (unpaired) electrons. The van der Waals surface area contributed by atoms with E-state index < -0.39 is 18.4 Å². The predicted octanol–water partition coefficient (Wildman–Crippen LogP) is 3.40. The van der Waals surface area contributed by atoms with E-state index in [1.807, 2.05) is 24.3 Å². The monoisotopic (exact) mass is 478 g/mol. The van der Waals surface area contributed by atoms with Crippen molar-refractivity contribution < 1.29 is 24.5 Å². The SMILES string of the molecule is O=C1NCc2ccc3c4ccc5c6c(ccc(c7ccc1c2c37)c64)C(=O)N([C@H]1C[C@@H](O)[C@@H](CO)O1)C5. The van der Waals surface area contributed by atoms with Gasteiger partial charge in [-0.3, -0.25) is 9.59 Å². The molecule has 0 saturated carbocycles.